The first-order chi connectivity index (χ1) is 11.6. The Hall–Kier alpha value is -1.84. The van der Waals surface area contributed by atoms with E-state index < -0.39 is 0 Å². The van der Waals surface area contributed by atoms with Gasteiger partial charge in [0, 0.05) is 19.0 Å². The van der Waals surface area contributed by atoms with Crippen LogP contribution in [0.2, 0.25) is 0 Å². The highest BCUT2D eigenvalue weighted by atomic mass is 35.5. The molecule has 25 heavy (non-hydrogen) atoms. The number of carbonyl (C=O) groups excluding carboxylic acids is 1. The summed E-state index contributed by atoms with van der Waals surface area (Å²) in [7, 11) is 0. The number of benzene rings is 2. The minimum absolute atomic E-state index is 0. The lowest BCUT2D eigenvalue weighted by molar-refractivity contribution is -0.122. The summed E-state index contributed by atoms with van der Waals surface area (Å²) in [5.41, 5.74) is 8.29. The molecule has 4 heteroatoms. The van der Waals surface area contributed by atoms with Crippen molar-refractivity contribution in [2.75, 3.05) is 6.54 Å². The van der Waals surface area contributed by atoms with E-state index in [1.54, 1.807) is 0 Å². The fourth-order valence-electron chi connectivity index (χ4n) is 2.88. The van der Waals surface area contributed by atoms with Crippen molar-refractivity contribution in [1.29, 1.82) is 0 Å². The second kappa shape index (κ2) is 11.7. The Labute approximate surface area is 157 Å². The number of rotatable bonds is 9. The number of nitrogens with two attached hydrogens (primary N) is 1. The van der Waals surface area contributed by atoms with Crippen LogP contribution in [-0.2, 0) is 17.6 Å². The molecule has 0 aliphatic rings. The Morgan fingerprint density at radius 2 is 1.44 bits per heavy atom. The predicted molar refractivity (Wildman–Crippen MR) is 107 cm³/mol. The number of carbonyl (C=O) groups is 1. The van der Waals surface area contributed by atoms with Gasteiger partial charge in [0.2, 0.25) is 5.91 Å². The molecule has 0 fully saturated rings. The summed E-state index contributed by atoms with van der Waals surface area (Å²) in [5, 5.41) is 3.00. The van der Waals surface area contributed by atoms with E-state index in [0.717, 1.165) is 19.3 Å². The van der Waals surface area contributed by atoms with E-state index in [1.165, 1.54) is 11.1 Å². The molecule has 0 heterocycles. The summed E-state index contributed by atoms with van der Waals surface area (Å²) in [6.07, 6.45) is 3.18. The van der Waals surface area contributed by atoms with E-state index in [2.05, 4.69) is 53.8 Å². The Bertz CT molecular complexity index is 560. The van der Waals surface area contributed by atoms with E-state index in [9.17, 15) is 4.79 Å². The van der Waals surface area contributed by atoms with Gasteiger partial charge in [-0.15, -0.1) is 12.4 Å². The molecule has 0 radical (unpaired) electrons. The molecule has 3 N–H and O–H groups in total. The Kier molecular flexibility index (Phi) is 9.90. The maximum Gasteiger partial charge on any atom is 0.220 e. The van der Waals surface area contributed by atoms with Gasteiger partial charge in [0.25, 0.3) is 0 Å². The standard InChI is InChI=1S/C21H28N2O.ClH/c1-17(22)12-13-23-21(24)16-20(14-18-8-4-2-5-9-18)15-19-10-6-3-7-11-19;/h2-11,17,20H,12-16,22H2,1H3,(H,23,24);1H. The first kappa shape index (κ1) is 21.2. The third-order valence-electron chi connectivity index (χ3n) is 4.13. The number of nitrogens with one attached hydrogen (secondary N) is 1. The minimum atomic E-state index is 0. The summed E-state index contributed by atoms with van der Waals surface area (Å²) >= 11 is 0. The van der Waals surface area contributed by atoms with Gasteiger partial charge in [-0.25, -0.2) is 0 Å². The first-order valence-corrected chi connectivity index (χ1v) is 8.73. The zero-order valence-electron chi connectivity index (χ0n) is 14.9. The van der Waals surface area contributed by atoms with Crippen LogP contribution in [0.3, 0.4) is 0 Å². The fraction of sp³-hybridized carbons (Fsp3) is 0.381. The van der Waals surface area contributed by atoms with E-state index in [4.69, 9.17) is 5.73 Å². The lowest BCUT2D eigenvalue weighted by Crippen LogP contribution is -2.30. The number of hydrogen-bond donors (Lipinski definition) is 2. The Balaban J connectivity index is 0.00000312. The van der Waals surface area contributed by atoms with Crippen molar-refractivity contribution in [3.05, 3.63) is 71.8 Å². The van der Waals surface area contributed by atoms with Crippen LogP contribution < -0.4 is 11.1 Å². The summed E-state index contributed by atoms with van der Waals surface area (Å²) in [6, 6.07) is 20.9. The van der Waals surface area contributed by atoms with Crippen molar-refractivity contribution in [3.63, 3.8) is 0 Å². The molecule has 1 unspecified atom stereocenters. The van der Waals surface area contributed by atoms with Gasteiger partial charge in [-0.2, -0.15) is 0 Å². The molecule has 3 nitrogen and oxygen atoms in total. The fourth-order valence-corrected chi connectivity index (χ4v) is 2.88. The number of halogens is 1. The molecule has 0 aliphatic heterocycles. The largest absolute Gasteiger partial charge is 0.356 e. The first-order valence-electron chi connectivity index (χ1n) is 8.73. The lowest BCUT2D eigenvalue weighted by atomic mass is 9.89. The normalized spacial score (nSPS) is 11.6. The van der Waals surface area contributed by atoms with Crippen LogP contribution in [0.25, 0.3) is 0 Å². The van der Waals surface area contributed by atoms with Crippen LogP contribution in [0.5, 0.6) is 0 Å². The zero-order chi connectivity index (χ0) is 17.2. The van der Waals surface area contributed by atoms with Crippen molar-refractivity contribution in [3.8, 4) is 0 Å². The molecule has 0 spiro atoms. The quantitative estimate of drug-likeness (QED) is 0.715. The highest BCUT2D eigenvalue weighted by Crippen LogP contribution is 2.18. The van der Waals surface area contributed by atoms with Crippen LogP contribution in [0.4, 0.5) is 0 Å². The van der Waals surface area contributed by atoms with Crippen LogP contribution >= 0.6 is 12.4 Å². The minimum Gasteiger partial charge on any atom is -0.356 e. The summed E-state index contributed by atoms with van der Waals surface area (Å²) < 4.78 is 0. The second-order valence-corrected chi connectivity index (χ2v) is 6.57. The molecule has 0 saturated carbocycles. The Morgan fingerprint density at radius 1 is 0.960 bits per heavy atom. The number of amides is 1. The van der Waals surface area contributed by atoms with Gasteiger partial charge in [-0.05, 0) is 43.2 Å². The van der Waals surface area contributed by atoms with Gasteiger partial charge >= 0.3 is 0 Å². The zero-order valence-corrected chi connectivity index (χ0v) is 15.7. The van der Waals surface area contributed by atoms with E-state index >= 15 is 0 Å². The molecule has 2 aromatic carbocycles. The maximum absolute atomic E-state index is 12.3. The van der Waals surface area contributed by atoms with E-state index in [0.29, 0.717) is 18.9 Å². The predicted octanol–water partition coefficient (Wildman–Crippen LogP) is 3.75. The third-order valence-corrected chi connectivity index (χ3v) is 4.13. The lowest BCUT2D eigenvalue weighted by Gasteiger charge is -2.17. The van der Waals surface area contributed by atoms with Gasteiger partial charge in [-0.1, -0.05) is 60.7 Å². The molecule has 0 saturated heterocycles. The van der Waals surface area contributed by atoms with Gasteiger partial charge in [0.1, 0.15) is 0 Å². The molecule has 0 aromatic heterocycles. The topological polar surface area (TPSA) is 55.1 Å². The highest BCUT2D eigenvalue weighted by molar-refractivity contribution is 5.85. The molecule has 136 valence electrons. The molecule has 2 aromatic rings. The average molecular weight is 361 g/mol. The second-order valence-electron chi connectivity index (χ2n) is 6.57. The van der Waals surface area contributed by atoms with Gasteiger partial charge in [0.05, 0.1) is 0 Å². The SMILES string of the molecule is CC(N)CCNC(=O)CC(Cc1ccccc1)Cc1ccccc1.Cl. The summed E-state index contributed by atoms with van der Waals surface area (Å²) in [4.78, 5) is 12.3. The van der Waals surface area contributed by atoms with Gasteiger partial charge in [0.15, 0.2) is 0 Å². The average Bonchev–Trinajstić information content (AvgIpc) is 2.56. The molecular weight excluding hydrogens is 332 g/mol. The monoisotopic (exact) mass is 360 g/mol. The summed E-state index contributed by atoms with van der Waals surface area (Å²) in [6.45, 7) is 2.61. The van der Waals surface area contributed by atoms with E-state index in [-0.39, 0.29) is 24.4 Å². The smallest absolute Gasteiger partial charge is 0.220 e. The van der Waals surface area contributed by atoms with Crippen LogP contribution in [0.15, 0.2) is 60.7 Å². The highest BCUT2D eigenvalue weighted by Gasteiger charge is 2.15. The van der Waals surface area contributed by atoms with Crippen LogP contribution in [0, 0.1) is 5.92 Å². The van der Waals surface area contributed by atoms with Crippen LogP contribution in [0.1, 0.15) is 30.9 Å². The van der Waals surface area contributed by atoms with Gasteiger partial charge < -0.3 is 11.1 Å². The molecule has 2 rings (SSSR count). The van der Waals surface area contributed by atoms with Crippen molar-refractivity contribution in [1.82, 2.24) is 5.32 Å². The van der Waals surface area contributed by atoms with Crippen molar-refractivity contribution in [2.24, 2.45) is 11.7 Å². The third kappa shape index (κ3) is 8.71. The van der Waals surface area contributed by atoms with Crippen LogP contribution in [-0.4, -0.2) is 18.5 Å². The van der Waals surface area contributed by atoms with E-state index in [1.807, 2.05) is 19.1 Å². The molecule has 0 aliphatic carbocycles. The maximum atomic E-state index is 12.3. The van der Waals surface area contributed by atoms with Gasteiger partial charge in [-0.3, -0.25) is 4.79 Å². The van der Waals surface area contributed by atoms with Crippen molar-refractivity contribution >= 4 is 18.3 Å². The van der Waals surface area contributed by atoms with Crippen molar-refractivity contribution < 1.29 is 4.79 Å². The van der Waals surface area contributed by atoms with Crippen molar-refractivity contribution in [2.45, 2.75) is 38.6 Å². The summed E-state index contributed by atoms with van der Waals surface area (Å²) in [5.74, 6) is 0.414. The number of hydrogen-bond acceptors (Lipinski definition) is 2. The molecular formula is C21H29ClN2O. The molecule has 1 atom stereocenters. The molecule has 0 bridgehead atoms. The Morgan fingerprint density at radius 3 is 1.88 bits per heavy atom. The molecule has 1 amide bonds.